The lowest BCUT2D eigenvalue weighted by Crippen LogP contribution is -2.36. The summed E-state index contributed by atoms with van der Waals surface area (Å²) in [6.45, 7) is -1.41. The van der Waals surface area contributed by atoms with E-state index in [0.717, 1.165) is 11.1 Å². The number of nitrogens with one attached hydrogen (secondary N) is 2. The van der Waals surface area contributed by atoms with Crippen molar-refractivity contribution in [2.45, 2.75) is 6.18 Å². The molecule has 3 aromatic heterocycles. The fourth-order valence-corrected chi connectivity index (χ4v) is 2.92. The van der Waals surface area contributed by atoms with Crippen molar-refractivity contribution in [3.05, 3.63) is 61.2 Å². The maximum Gasteiger partial charge on any atom is 0.405 e. The van der Waals surface area contributed by atoms with E-state index >= 15 is 0 Å². The maximum atomic E-state index is 12.2. The fourth-order valence-electron chi connectivity index (χ4n) is 2.92. The molecule has 4 aromatic rings. The van der Waals surface area contributed by atoms with E-state index in [1.807, 2.05) is 6.07 Å². The third-order valence-electron chi connectivity index (χ3n) is 4.36. The molecule has 0 atom stereocenters. The van der Waals surface area contributed by atoms with Gasteiger partial charge >= 0.3 is 12.2 Å². The van der Waals surface area contributed by atoms with Crippen molar-refractivity contribution in [3.8, 4) is 22.3 Å². The number of aromatic nitrogens is 4. The van der Waals surface area contributed by atoms with E-state index < -0.39 is 18.8 Å². The first-order chi connectivity index (χ1) is 14.8. The van der Waals surface area contributed by atoms with E-state index in [1.54, 1.807) is 65.0 Å². The largest absolute Gasteiger partial charge is 0.405 e. The summed E-state index contributed by atoms with van der Waals surface area (Å²) in [7, 11) is 0. The van der Waals surface area contributed by atoms with Crippen molar-refractivity contribution in [3.63, 3.8) is 0 Å². The number of amides is 2. The number of nitrogen functional groups attached to an aromatic ring is 1. The highest BCUT2D eigenvalue weighted by Crippen LogP contribution is 2.27. The van der Waals surface area contributed by atoms with Crippen molar-refractivity contribution in [2.75, 3.05) is 17.6 Å². The Bertz CT molecular complexity index is 1240. The molecule has 2 amide bonds. The van der Waals surface area contributed by atoms with E-state index in [2.05, 4.69) is 20.4 Å². The number of rotatable bonds is 4. The van der Waals surface area contributed by atoms with Crippen molar-refractivity contribution >= 4 is 23.2 Å². The Kier molecular flexibility index (Phi) is 5.15. The SMILES string of the molecule is Nc1ccc(-c2cnc3c(-c4cccc(NC(=O)NCC(F)(F)F)c4)cnn3c2)cn1. The highest BCUT2D eigenvalue weighted by molar-refractivity contribution is 5.90. The number of anilines is 2. The second kappa shape index (κ2) is 7.94. The van der Waals surface area contributed by atoms with E-state index in [-0.39, 0.29) is 0 Å². The zero-order chi connectivity index (χ0) is 22.0. The molecule has 0 radical (unpaired) electrons. The van der Waals surface area contributed by atoms with Crippen molar-refractivity contribution in [2.24, 2.45) is 0 Å². The number of pyridine rings is 1. The number of hydrogen-bond acceptors (Lipinski definition) is 5. The lowest BCUT2D eigenvalue weighted by molar-refractivity contribution is -0.122. The summed E-state index contributed by atoms with van der Waals surface area (Å²) in [6.07, 6.45) is 2.26. The minimum Gasteiger partial charge on any atom is -0.384 e. The Hall–Kier alpha value is -4.15. The number of nitrogens with two attached hydrogens (primary N) is 1. The molecule has 31 heavy (non-hydrogen) atoms. The van der Waals surface area contributed by atoms with Crippen LogP contribution in [0.2, 0.25) is 0 Å². The van der Waals surface area contributed by atoms with Crippen LogP contribution in [0, 0.1) is 0 Å². The number of carbonyl (C=O) groups is 1. The molecule has 8 nitrogen and oxygen atoms in total. The topological polar surface area (TPSA) is 110 Å². The number of alkyl halides is 3. The monoisotopic (exact) mass is 427 g/mol. The summed E-state index contributed by atoms with van der Waals surface area (Å²) in [5, 5.41) is 8.48. The summed E-state index contributed by atoms with van der Waals surface area (Å²) in [5.41, 5.74) is 9.54. The fraction of sp³-hybridized carbons (Fsp3) is 0.100. The summed E-state index contributed by atoms with van der Waals surface area (Å²) in [5.74, 6) is 0.416. The van der Waals surface area contributed by atoms with E-state index in [1.165, 1.54) is 0 Å². The zero-order valence-electron chi connectivity index (χ0n) is 15.9. The molecule has 0 aliphatic heterocycles. The number of benzene rings is 1. The molecule has 0 bridgehead atoms. The Morgan fingerprint density at radius 3 is 2.58 bits per heavy atom. The smallest absolute Gasteiger partial charge is 0.384 e. The molecular weight excluding hydrogens is 411 g/mol. The predicted molar refractivity (Wildman–Crippen MR) is 109 cm³/mol. The number of nitrogens with zero attached hydrogens (tertiary/aromatic N) is 4. The summed E-state index contributed by atoms with van der Waals surface area (Å²) < 4.78 is 38.3. The van der Waals surface area contributed by atoms with Crippen LogP contribution in [0.1, 0.15) is 0 Å². The van der Waals surface area contributed by atoms with Gasteiger partial charge in [-0.2, -0.15) is 18.3 Å². The molecule has 0 unspecified atom stereocenters. The second-order valence-electron chi connectivity index (χ2n) is 6.64. The van der Waals surface area contributed by atoms with E-state index in [9.17, 15) is 18.0 Å². The number of hydrogen-bond donors (Lipinski definition) is 3. The molecule has 4 N–H and O–H groups in total. The zero-order valence-corrected chi connectivity index (χ0v) is 15.9. The highest BCUT2D eigenvalue weighted by atomic mass is 19.4. The molecule has 4 rings (SSSR count). The van der Waals surface area contributed by atoms with Crippen LogP contribution in [0.3, 0.4) is 0 Å². The van der Waals surface area contributed by atoms with Crippen LogP contribution in [-0.4, -0.2) is 38.3 Å². The molecule has 0 spiro atoms. The molecule has 158 valence electrons. The number of carbonyl (C=O) groups excluding carboxylic acids is 1. The first-order valence-corrected chi connectivity index (χ1v) is 9.06. The Balaban J connectivity index is 1.57. The van der Waals surface area contributed by atoms with Gasteiger partial charge in [-0.1, -0.05) is 12.1 Å². The molecule has 0 aliphatic rings. The van der Waals surface area contributed by atoms with Crippen LogP contribution in [0.25, 0.3) is 27.9 Å². The minimum absolute atomic E-state index is 0.334. The predicted octanol–water partition coefficient (Wildman–Crippen LogP) is 3.72. The molecule has 0 fully saturated rings. The molecule has 3 heterocycles. The maximum absolute atomic E-state index is 12.2. The van der Waals surface area contributed by atoms with E-state index in [0.29, 0.717) is 28.3 Å². The quantitative estimate of drug-likeness (QED) is 0.460. The van der Waals surface area contributed by atoms with Gasteiger partial charge in [0, 0.05) is 41.0 Å². The van der Waals surface area contributed by atoms with E-state index in [4.69, 9.17) is 5.73 Å². The molecule has 1 aromatic carbocycles. The van der Waals surface area contributed by atoms with Crippen LogP contribution in [-0.2, 0) is 0 Å². The minimum atomic E-state index is -4.48. The van der Waals surface area contributed by atoms with Gasteiger partial charge in [0.15, 0.2) is 5.65 Å². The molecular formula is C20H16F3N7O. The average Bonchev–Trinajstić information content (AvgIpc) is 3.16. The summed E-state index contributed by atoms with van der Waals surface area (Å²) in [6, 6.07) is 9.23. The lowest BCUT2D eigenvalue weighted by atomic mass is 10.1. The van der Waals surface area contributed by atoms with Crippen LogP contribution >= 0.6 is 0 Å². The van der Waals surface area contributed by atoms with Gasteiger partial charge in [-0.25, -0.2) is 19.3 Å². The van der Waals surface area contributed by atoms with Crippen LogP contribution in [0.4, 0.5) is 29.5 Å². The van der Waals surface area contributed by atoms with Gasteiger partial charge in [-0.3, -0.25) is 0 Å². The van der Waals surface area contributed by atoms with Gasteiger partial charge in [0.25, 0.3) is 0 Å². The first kappa shape index (κ1) is 20.1. The summed E-state index contributed by atoms with van der Waals surface area (Å²) >= 11 is 0. The number of halogens is 3. The molecule has 0 aliphatic carbocycles. The average molecular weight is 427 g/mol. The lowest BCUT2D eigenvalue weighted by Gasteiger charge is -2.10. The van der Waals surface area contributed by atoms with Crippen molar-refractivity contribution < 1.29 is 18.0 Å². The number of urea groups is 1. The molecule has 0 saturated carbocycles. The third-order valence-corrected chi connectivity index (χ3v) is 4.36. The Morgan fingerprint density at radius 2 is 1.84 bits per heavy atom. The number of fused-ring (bicyclic) bond motifs is 1. The van der Waals surface area contributed by atoms with Gasteiger partial charge in [-0.05, 0) is 29.8 Å². The Morgan fingerprint density at radius 1 is 1.03 bits per heavy atom. The third kappa shape index (κ3) is 4.71. The van der Waals surface area contributed by atoms with Crippen LogP contribution in [0.15, 0.2) is 61.2 Å². The Labute approximate surface area is 173 Å². The van der Waals surface area contributed by atoms with Crippen LogP contribution in [0.5, 0.6) is 0 Å². The first-order valence-electron chi connectivity index (χ1n) is 9.06. The highest BCUT2D eigenvalue weighted by Gasteiger charge is 2.27. The van der Waals surface area contributed by atoms with Gasteiger partial charge in [0.2, 0.25) is 0 Å². The van der Waals surface area contributed by atoms with Crippen molar-refractivity contribution in [1.82, 2.24) is 24.9 Å². The van der Waals surface area contributed by atoms with Crippen LogP contribution < -0.4 is 16.4 Å². The molecule has 0 saturated heterocycles. The van der Waals surface area contributed by atoms with Gasteiger partial charge in [0.05, 0.1) is 6.20 Å². The van der Waals surface area contributed by atoms with Gasteiger partial charge in [0.1, 0.15) is 12.4 Å². The van der Waals surface area contributed by atoms with Gasteiger partial charge < -0.3 is 16.4 Å². The summed E-state index contributed by atoms with van der Waals surface area (Å²) in [4.78, 5) is 20.2. The standard InChI is InChI=1S/C20H16F3N7O/c21-20(22,23)11-27-19(31)29-15-3-1-2-12(6-15)16-9-28-30-10-14(8-26-18(16)30)13-4-5-17(24)25-7-13/h1-10H,11H2,(H2,24,25)(H2,27,29,31). The second-order valence-corrected chi connectivity index (χ2v) is 6.64. The van der Waals surface area contributed by atoms with Crippen molar-refractivity contribution in [1.29, 1.82) is 0 Å². The van der Waals surface area contributed by atoms with Gasteiger partial charge in [-0.15, -0.1) is 0 Å². The molecule has 11 heteroatoms. The normalized spacial score (nSPS) is 11.5.